The summed E-state index contributed by atoms with van der Waals surface area (Å²) in [6, 6.07) is 24.4. The molecule has 27 heavy (non-hydrogen) atoms. The molecule has 4 rings (SSSR count). The summed E-state index contributed by atoms with van der Waals surface area (Å²) in [5.74, 6) is 1.15. The quantitative estimate of drug-likeness (QED) is 0.630. The van der Waals surface area contributed by atoms with Crippen LogP contribution in [0.2, 0.25) is 0 Å². The summed E-state index contributed by atoms with van der Waals surface area (Å²) in [5.41, 5.74) is 1.08. The van der Waals surface area contributed by atoms with Gasteiger partial charge in [0.1, 0.15) is 5.75 Å². The smallest absolute Gasteiger partial charge is 0.153 e. The Bertz CT molecular complexity index is 901. The molecule has 1 fully saturated rings. The summed E-state index contributed by atoms with van der Waals surface area (Å²) in [5, 5.41) is 2.30. The SMILES string of the molecule is O=C(Cc1ccccc1)CN1CCCCC1Oc1cccc2ccccc12. The van der Waals surface area contributed by atoms with Gasteiger partial charge in [-0.15, -0.1) is 0 Å². The molecule has 138 valence electrons. The van der Waals surface area contributed by atoms with E-state index in [9.17, 15) is 4.79 Å². The van der Waals surface area contributed by atoms with Crippen molar-refractivity contribution in [1.29, 1.82) is 0 Å². The molecule has 0 spiro atoms. The molecule has 0 aliphatic carbocycles. The van der Waals surface area contributed by atoms with Crippen molar-refractivity contribution >= 4 is 16.6 Å². The van der Waals surface area contributed by atoms with E-state index in [4.69, 9.17) is 4.74 Å². The summed E-state index contributed by atoms with van der Waals surface area (Å²) < 4.78 is 6.41. The Morgan fingerprint density at radius 3 is 2.59 bits per heavy atom. The van der Waals surface area contributed by atoms with Gasteiger partial charge in [-0.1, -0.05) is 66.7 Å². The van der Waals surface area contributed by atoms with Crippen molar-refractivity contribution in [3.8, 4) is 5.75 Å². The first-order valence-corrected chi connectivity index (χ1v) is 9.74. The van der Waals surface area contributed by atoms with Crippen LogP contribution < -0.4 is 4.74 Å². The van der Waals surface area contributed by atoms with Crippen molar-refractivity contribution in [1.82, 2.24) is 4.90 Å². The van der Waals surface area contributed by atoms with E-state index in [1.165, 1.54) is 5.39 Å². The third-order valence-corrected chi connectivity index (χ3v) is 5.19. The van der Waals surface area contributed by atoms with Crippen molar-refractivity contribution in [2.75, 3.05) is 13.1 Å². The molecule has 1 unspecified atom stereocenters. The summed E-state index contributed by atoms with van der Waals surface area (Å²) in [4.78, 5) is 14.8. The number of ether oxygens (including phenoxy) is 1. The van der Waals surface area contributed by atoms with Gasteiger partial charge in [0.15, 0.2) is 12.0 Å². The highest BCUT2D eigenvalue weighted by molar-refractivity contribution is 5.88. The highest BCUT2D eigenvalue weighted by atomic mass is 16.5. The third kappa shape index (κ3) is 4.37. The fourth-order valence-corrected chi connectivity index (χ4v) is 3.83. The number of nitrogens with zero attached hydrogens (tertiary/aromatic N) is 1. The van der Waals surface area contributed by atoms with Crippen LogP contribution in [0.4, 0.5) is 0 Å². The van der Waals surface area contributed by atoms with Crippen LogP contribution in [-0.2, 0) is 11.2 Å². The Kier molecular flexibility index (Phi) is 5.50. The van der Waals surface area contributed by atoms with Crippen LogP contribution in [-0.4, -0.2) is 30.0 Å². The standard InChI is InChI=1S/C24H25NO2/c26-21(17-19-9-2-1-3-10-19)18-25-16-7-6-15-24(25)27-23-14-8-12-20-11-4-5-13-22(20)23/h1-5,8-14,24H,6-7,15-18H2. The van der Waals surface area contributed by atoms with Crippen molar-refractivity contribution < 1.29 is 9.53 Å². The molecule has 1 aliphatic rings. The average molecular weight is 359 g/mol. The van der Waals surface area contributed by atoms with Crippen LogP contribution in [0.5, 0.6) is 5.75 Å². The van der Waals surface area contributed by atoms with Crippen molar-refractivity contribution in [2.24, 2.45) is 0 Å². The molecule has 1 aliphatic heterocycles. The number of hydrogen-bond donors (Lipinski definition) is 0. The minimum absolute atomic E-state index is 0.0377. The largest absolute Gasteiger partial charge is 0.474 e. The molecule has 0 amide bonds. The van der Waals surface area contributed by atoms with Crippen molar-refractivity contribution in [3.63, 3.8) is 0 Å². The number of Topliss-reactive ketones (excluding diaryl/α,β-unsaturated/α-hetero) is 1. The monoisotopic (exact) mass is 359 g/mol. The van der Waals surface area contributed by atoms with Gasteiger partial charge in [0.05, 0.1) is 6.54 Å². The molecule has 1 atom stereocenters. The number of likely N-dealkylation sites (tertiary alicyclic amines) is 1. The second-order valence-corrected chi connectivity index (χ2v) is 7.22. The molecular formula is C24H25NO2. The van der Waals surface area contributed by atoms with Crippen LogP contribution in [0, 0.1) is 0 Å². The molecule has 0 bridgehead atoms. The lowest BCUT2D eigenvalue weighted by atomic mass is 10.1. The van der Waals surface area contributed by atoms with Gasteiger partial charge in [-0.05, 0) is 36.3 Å². The first-order valence-electron chi connectivity index (χ1n) is 9.74. The van der Waals surface area contributed by atoms with Gasteiger partial charge >= 0.3 is 0 Å². The van der Waals surface area contributed by atoms with E-state index in [0.717, 1.165) is 42.5 Å². The Morgan fingerprint density at radius 2 is 1.70 bits per heavy atom. The second-order valence-electron chi connectivity index (χ2n) is 7.22. The average Bonchev–Trinajstić information content (AvgIpc) is 2.70. The lowest BCUT2D eigenvalue weighted by Crippen LogP contribution is -2.46. The van der Waals surface area contributed by atoms with Gasteiger partial charge < -0.3 is 4.74 Å². The maximum absolute atomic E-state index is 12.6. The minimum Gasteiger partial charge on any atom is -0.474 e. The third-order valence-electron chi connectivity index (χ3n) is 5.19. The molecule has 3 heteroatoms. The number of hydrogen-bond acceptors (Lipinski definition) is 3. The molecular weight excluding hydrogens is 334 g/mol. The van der Waals surface area contributed by atoms with E-state index in [0.29, 0.717) is 13.0 Å². The van der Waals surface area contributed by atoms with Crippen LogP contribution in [0.15, 0.2) is 72.8 Å². The summed E-state index contributed by atoms with van der Waals surface area (Å²) in [6.45, 7) is 1.36. The molecule has 3 aromatic rings. The molecule has 1 saturated heterocycles. The Labute approximate surface area is 160 Å². The van der Waals surface area contributed by atoms with Crippen LogP contribution in [0.25, 0.3) is 10.8 Å². The predicted molar refractivity (Wildman–Crippen MR) is 109 cm³/mol. The molecule has 3 nitrogen and oxygen atoms in total. The van der Waals surface area contributed by atoms with Gasteiger partial charge in [-0.25, -0.2) is 0 Å². The zero-order valence-electron chi connectivity index (χ0n) is 15.5. The van der Waals surface area contributed by atoms with Gasteiger partial charge in [-0.2, -0.15) is 0 Å². The highest BCUT2D eigenvalue weighted by Gasteiger charge is 2.26. The maximum atomic E-state index is 12.6. The predicted octanol–water partition coefficient (Wildman–Crippen LogP) is 4.84. The van der Waals surface area contributed by atoms with E-state index in [1.54, 1.807) is 0 Å². The molecule has 0 radical (unpaired) electrons. The number of rotatable bonds is 6. The van der Waals surface area contributed by atoms with Gasteiger partial charge in [0.25, 0.3) is 0 Å². The molecule has 0 N–H and O–H groups in total. The Morgan fingerprint density at radius 1 is 0.926 bits per heavy atom. The highest BCUT2D eigenvalue weighted by Crippen LogP contribution is 2.29. The number of benzene rings is 3. The maximum Gasteiger partial charge on any atom is 0.153 e. The topological polar surface area (TPSA) is 29.5 Å². The summed E-state index contributed by atoms with van der Waals surface area (Å²) >= 11 is 0. The minimum atomic E-state index is -0.0377. The van der Waals surface area contributed by atoms with E-state index < -0.39 is 0 Å². The van der Waals surface area contributed by atoms with E-state index in [-0.39, 0.29) is 12.0 Å². The molecule has 0 aromatic heterocycles. The Balaban J connectivity index is 1.46. The first-order chi connectivity index (χ1) is 13.3. The van der Waals surface area contributed by atoms with E-state index in [1.807, 2.05) is 54.6 Å². The van der Waals surface area contributed by atoms with Crippen LogP contribution in [0.1, 0.15) is 24.8 Å². The van der Waals surface area contributed by atoms with Gasteiger partial charge in [-0.3, -0.25) is 9.69 Å². The molecule has 3 aromatic carbocycles. The van der Waals surface area contributed by atoms with Crippen LogP contribution in [0.3, 0.4) is 0 Å². The fourth-order valence-electron chi connectivity index (χ4n) is 3.83. The second kappa shape index (κ2) is 8.36. The normalized spacial score (nSPS) is 17.7. The number of fused-ring (bicyclic) bond motifs is 1. The van der Waals surface area contributed by atoms with Crippen molar-refractivity contribution in [3.05, 3.63) is 78.4 Å². The van der Waals surface area contributed by atoms with E-state index >= 15 is 0 Å². The molecule has 1 heterocycles. The zero-order chi connectivity index (χ0) is 18.5. The van der Waals surface area contributed by atoms with Gasteiger partial charge in [0.2, 0.25) is 0 Å². The number of ketones is 1. The summed E-state index contributed by atoms with van der Waals surface area (Å²) in [7, 11) is 0. The van der Waals surface area contributed by atoms with Crippen LogP contribution >= 0.6 is 0 Å². The van der Waals surface area contributed by atoms with Crippen molar-refractivity contribution in [2.45, 2.75) is 31.9 Å². The number of carbonyl (C=O) groups is 1. The zero-order valence-corrected chi connectivity index (χ0v) is 15.5. The number of carbonyl (C=O) groups excluding carboxylic acids is 1. The lowest BCUT2D eigenvalue weighted by Gasteiger charge is -2.35. The lowest BCUT2D eigenvalue weighted by molar-refractivity contribution is -0.122. The first kappa shape index (κ1) is 17.7. The van der Waals surface area contributed by atoms with Gasteiger partial charge in [0, 0.05) is 18.4 Å². The fraction of sp³-hybridized carbons (Fsp3) is 0.292. The number of piperidine rings is 1. The Hall–Kier alpha value is -2.65. The van der Waals surface area contributed by atoms with E-state index in [2.05, 4.69) is 23.1 Å². The summed E-state index contributed by atoms with van der Waals surface area (Å²) in [6.07, 6.45) is 3.66. The molecule has 0 saturated carbocycles.